The molecule has 35 heavy (non-hydrogen) atoms. The number of halogens is 1. The lowest BCUT2D eigenvalue weighted by atomic mass is 9.91. The predicted octanol–water partition coefficient (Wildman–Crippen LogP) is 5.57. The van der Waals surface area contributed by atoms with E-state index in [9.17, 15) is 4.79 Å². The monoisotopic (exact) mass is 465 g/mol. The van der Waals surface area contributed by atoms with E-state index in [4.69, 9.17) is 0 Å². The second kappa shape index (κ2) is 9.46. The average molecular weight is 466 g/mol. The standard InChI is InChI=1S/C28H24FN5O/c1-3-18(2)34-11-9-20(16-34)24-13-21(12-22-15-30-17-32-27(22)24)23-8-7-19(14-25(23)29)28(35)33-26-6-4-5-10-31-26/h3-8,10,12-15,17,20H,1-2,9,11,16H2,(H,31,33,35). The SMILES string of the molecule is C=CC(=C)N1CCC(c2cc(-c3ccc(C(=O)Nc4ccccn4)cc3F)cc3cncnc23)C1. The molecule has 174 valence electrons. The zero-order chi connectivity index (χ0) is 24.4. The molecular formula is C28H24FN5O. The summed E-state index contributed by atoms with van der Waals surface area (Å²) in [5.74, 6) is -0.273. The lowest BCUT2D eigenvalue weighted by Crippen LogP contribution is -2.17. The molecule has 0 spiro atoms. The summed E-state index contributed by atoms with van der Waals surface area (Å²) in [7, 11) is 0. The highest BCUT2D eigenvalue weighted by Crippen LogP contribution is 2.36. The average Bonchev–Trinajstić information content (AvgIpc) is 3.38. The van der Waals surface area contributed by atoms with Crippen LogP contribution < -0.4 is 5.32 Å². The van der Waals surface area contributed by atoms with Gasteiger partial charge in [-0.25, -0.2) is 19.3 Å². The number of anilines is 1. The third-order valence-electron chi connectivity index (χ3n) is 6.35. The molecule has 2 aromatic heterocycles. The normalized spacial score (nSPS) is 15.2. The van der Waals surface area contributed by atoms with E-state index in [0.717, 1.165) is 47.2 Å². The first-order chi connectivity index (χ1) is 17.0. The number of hydrogen-bond acceptors (Lipinski definition) is 5. The van der Waals surface area contributed by atoms with E-state index in [0.29, 0.717) is 11.4 Å². The number of nitrogens with one attached hydrogen (secondary N) is 1. The van der Waals surface area contributed by atoms with Gasteiger partial charge in [-0.05, 0) is 60.0 Å². The number of aromatic nitrogens is 3. The number of rotatable bonds is 6. The van der Waals surface area contributed by atoms with Gasteiger partial charge in [0.2, 0.25) is 0 Å². The van der Waals surface area contributed by atoms with Crippen molar-refractivity contribution >= 4 is 22.6 Å². The van der Waals surface area contributed by atoms with Crippen molar-refractivity contribution in [3.63, 3.8) is 0 Å². The number of carbonyl (C=O) groups is 1. The molecule has 1 fully saturated rings. The first kappa shape index (κ1) is 22.4. The van der Waals surface area contributed by atoms with Crippen LogP contribution in [0.4, 0.5) is 10.2 Å². The molecule has 1 aliphatic rings. The van der Waals surface area contributed by atoms with Crippen LogP contribution in [0.2, 0.25) is 0 Å². The molecule has 1 atom stereocenters. The van der Waals surface area contributed by atoms with Crippen LogP contribution in [0.3, 0.4) is 0 Å². The molecule has 1 N–H and O–H groups in total. The highest BCUT2D eigenvalue weighted by atomic mass is 19.1. The van der Waals surface area contributed by atoms with Gasteiger partial charge in [-0.3, -0.25) is 4.79 Å². The van der Waals surface area contributed by atoms with Crippen LogP contribution >= 0.6 is 0 Å². The quantitative estimate of drug-likeness (QED) is 0.377. The number of pyridine rings is 1. The van der Waals surface area contributed by atoms with Crippen molar-refractivity contribution in [1.29, 1.82) is 0 Å². The summed E-state index contributed by atoms with van der Waals surface area (Å²) in [6.07, 6.45) is 7.56. The minimum Gasteiger partial charge on any atom is -0.371 e. The van der Waals surface area contributed by atoms with Gasteiger partial charge in [-0.2, -0.15) is 0 Å². The summed E-state index contributed by atoms with van der Waals surface area (Å²) in [6.45, 7) is 9.56. The van der Waals surface area contributed by atoms with E-state index in [1.165, 1.54) is 12.4 Å². The van der Waals surface area contributed by atoms with Crippen molar-refractivity contribution < 1.29 is 9.18 Å². The van der Waals surface area contributed by atoms with Gasteiger partial charge in [0.15, 0.2) is 0 Å². The molecule has 2 aromatic carbocycles. The van der Waals surface area contributed by atoms with E-state index in [-0.39, 0.29) is 11.5 Å². The molecule has 7 heteroatoms. The predicted molar refractivity (Wildman–Crippen MR) is 135 cm³/mol. The zero-order valence-electron chi connectivity index (χ0n) is 19.1. The highest BCUT2D eigenvalue weighted by Gasteiger charge is 2.26. The van der Waals surface area contributed by atoms with Gasteiger partial charge >= 0.3 is 0 Å². The summed E-state index contributed by atoms with van der Waals surface area (Å²) in [5.41, 5.74) is 4.17. The Morgan fingerprint density at radius 2 is 2.06 bits per heavy atom. The third kappa shape index (κ3) is 4.53. The van der Waals surface area contributed by atoms with Crippen molar-refractivity contribution in [2.45, 2.75) is 12.3 Å². The number of likely N-dealkylation sites (tertiary alicyclic amines) is 1. The number of benzene rings is 2. The van der Waals surface area contributed by atoms with Gasteiger partial charge in [-0.1, -0.05) is 25.3 Å². The van der Waals surface area contributed by atoms with Crippen LogP contribution in [0.5, 0.6) is 0 Å². The van der Waals surface area contributed by atoms with Gasteiger partial charge in [0.1, 0.15) is 18.0 Å². The van der Waals surface area contributed by atoms with Crippen LogP contribution in [0.15, 0.2) is 92.2 Å². The smallest absolute Gasteiger partial charge is 0.256 e. The molecule has 4 aromatic rings. The molecule has 1 aliphatic heterocycles. The number of nitrogens with zero attached hydrogens (tertiary/aromatic N) is 4. The molecule has 0 bridgehead atoms. The van der Waals surface area contributed by atoms with Crippen molar-refractivity contribution in [1.82, 2.24) is 19.9 Å². The largest absolute Gasteiger partial charge is 0.371 e. The molecule has 1 unspecified atom stereocenters. The Morgan fingerprint density at radius 3 is 2.83 bits per heavy atom. The topological polar surface area (TPSA) is 71.0 Å². The second-order valence-corrected chi connectivity index (χ2v) is 8.52. The molecule has 3 heterocycles. The Hall–Kier alpha value is -4.39. The molecule has 1 saturated heterocycles. The van der Waals surface area contributed by atoms with Crippen molar-refractivity contribution in [3.05, 3.63) is 109 Å². The maximum Gasteiger partial charge on any atom is 0.256 e. The Morgan fingerprint density at radius 1 is 1.17 bits per heavy atom. The fourth-order valence-corrected chi connectivity index (χ4v) is 4.52. The van der Waals surface area contributed by atoms with Crippen LogP contribution in [0.25, 0.3) is 22.0 Å². The van der Waals surface area contributed by atoms with E-state index in [2.05, 4.69) is 38.3 Å². The zero-order valence-corrected chi connectivity index (χ0v) is 19.1. The maximum atomic E-state index is 15.3. The summed E-state index contributed by atoms with van der Waals surface area (Å²) in [5, 5.41) is 3.53. The summed E-state index contributed by atoms with van der Waals surface area (Å²) >= 11 is 0. The molecular weight excluding hydrogens is 441 g/mol. The number of allylic oxidation sites excluding steroid dienone is 1. The fourth-order valence-electron chi connectivity index (χ4n) is 4.52. The Balaban J connectivity index is 1.48. The minimum absolute atomic E-state index is 0.218. The minimum atomic E-state index is -0.478. The summed E-state index contributed by atoms with van der Waals surface area (Å²) in [4.78, 5) is 27.5. The van der Waals surface area contributed by atoms with E-state index in [1.807, 2.05) is 12.1 Å². The molecule has 1 amide bonds. The first-order valence-electron chi connectivity index (χ1n) is 11.4. The number of fused-ring (bicyclic) bond motifs is 1. The van der Waals surface area contributed by atoms with Crippen molar-refractivity contribution in [3.8, 4) is 11.1 Å². The van der Waals surface area contributed by atoms with Crippen LogP contribution in [-0.2, 0) is 0 Å². The third-order valence-corrected chi connectivity index (χ3v) is 6.35. The van der Waals surface area contributed by atoms with E-state index < -0.39 is 11.7 Å². The molecule has 0 saturated carbocycles. The summed E-state index contributed by atoms with van der Waals surface area (Å²) < 4.78 is 15.3. The highest BCUT2D eigenvalue weighted by molar-refractivity contribution is 6.04. The number of amides is 1. The van der Waals surface area contributed by atoms with Gasteiger partial charge in [0, 0.05) is 53.6 Å². The van der Waals surface area contributed by atoms with Crippen molar-refractivity contribution in [2.75, 3.05) is 18.4 Å². The maximum absolute atomic E-state index is 15.3. The molecule has 0 radical (unpaired) electrons. The molecule has 0 aliphatic carbocycles. The Kier molecular flexibility index (Phi) is 6.06. The first-order valence-corrected chi connectivity index (χ1v) is 11.4. The molecule has 5 rings (SSSR count). The second-order valence-electron chi connectivity index (χ2n) is 8.52. The van der Waals surface area contributed by atoms with Crippen molar-refractivity contribution in [2.24, 2.45) is 0 Å². The lowest BCUT2D eigenvalue weighted by Gasteiger charge is -2.19. The van der Waals surface area contributed by atoms with Gasteiger partial charge in [-0.15, -0.1) is 0 Å². The number of carbonyl (C=O) groups excluding carboxylic acids is 1. The van der Waals surface area contributed by atoms with Crippen LogP contribution in [0, 0.1) is 5.82 Å². The van der Waals surface area contributed by atoms with E-state index >= 15 is 4.39 Å². The van der Waals surface area contributed by atoms with Gasteiger partial charge in [0.25, 0.3) is 5.91 Å². The Bertz CT molecular complexity index is 1440. The summed E-state index contributed by atoms with van der Waals surface area (Å²) in [6, 6.07) is 13.6. The fraction of sp³-hybridized carbons (Fsp3) is 0.143. The van der Waals surface area contributed by atoms with Crippen LogP contribution in [0.1, 0.15) is 28.3 Å². The number of hydrogen-bond donors (Lipinski definition) is 1. The van der Waals surface area contributed by atoms with Gasteiger partial charge in [0.05, 0.1) is 5.52 Å². The lowest BCUT2D eigenvalue weighted by molar-refractivity contribution is 0.102. The van der Waals surface area contributed by atoms with Gasteiger partial charge < -0.3 is 10.2 Å². The molecule has 6 nitrogen and oxygen atoms in total. The van der Waals surface area contributed by atoms with Crippen LogP contribution in [-0.4, -0.2) is 38.8 Å². The van der Waals surface area contributed by atoms with E-state index in [1.54, 1.807) is 48.8 Å². The Labute approximate surface area is 202 Å².